The molecule has 0 bridgehead atoms. The van der Waals surface area contributed by atoms with Crippen molar-refractivity contribution in [3.05, 3.63) is 47.5 Å². The first-order chi connectivity index (χ1) is 11.4. The van der Waals surface area contributed by atoms with Gasteiger partial charge >= 0.3 is 8.56 Å². The first-order valence-corrected chi connectivity index (χ1v) is 11.6. The van der Waals surface area contributed by atoms with Gasteiger partial charge in [-0.2, -0.15) is 0 Å². The van der Waals surface area contributed by atoms with E-state index in [4.69, 9.17) is 13.6 Å². The number of benzene rings is 1. The van der Waals surface area contributed by atoms with Crippen LogP contribution in [0.4, 0.5) is 0 Å². The maximum Gasteiger partial charge on any atom is 0.344 e. The van der Waals surface area contributed by atoms with Crippen LogP contribution in [0, 0.1) is 0 Å². The van der Waals surface area contributed by atoms with Gasteiger partial charge in [-0.3, -0.25) is 0 Å². The topological polar surface area (TPSA) is 27.7 Å². The van der Waals surface area contributed by atoms with Gasteiger partial charge in [-0.1, -0.05) is 80.0 Å². The highest BCUT2D eigenvalue weighted by atomic mass is 79.9. The Morgan fingerprint density at radius 1 is 1.17 bits per heavy atom. The van der Waals surface area contributed by atoms with E-state index in [2.05, 4.69) is 61.8 Å². The van der Waals surface area contributed by atoms with Crippen LogP contribution in [0.25, 0.3) is 0 Å². The van der Waals surface area contributed by atoms with Gasteiger partial charge in [0.05, 0.1) is 30.2 Å². The molecule has 132 valence electrons. The molecule has 0 radical (unpaired) electrons. The van der Waals surface area contributed by atoms with E-state index in [0.29, 0.717) is 24.3 Å². The molecule has 0 aromatic heterocycles. The van der Waals surface area contributed by atoms with Crippen molar-refractivity contribution in [2.75, 3.05) is 6.61 Å². The monoisotopic (exact) mass is 410 g/mol. The average molecular weight is 411 g/mol. The lowest BCUT2D eigenvalue weighted by Crippen LogP contribution is -2.56. The summed E-state index contributed by atoms with van der Waals surface area (Å²) in [5, 5.41) is 0. The molecule has 24 heavy (non-hydrogen) atoms. The molecule has 1 aromatic rings. The zero-order chi connectivity index (χ0) is 17.3. The minimum Gasteiger partial charge on any atom is -0.390 e. The molecule has 5 heteroatoms. The second-order valence-electron chi connectivity index (χ2n) is 7.31. The minimum absolute atomic E-state index is 0.0259. The Labute approximate surface area is 154 Å². The van der Waals surface area contributed by atoms with Crippen LogP contribution >= 0.6 is 15.9 Å². The number of hydrogen-bond acceptors (Lipinski definition) is 3. The summed E-state index contributed by atoms with van der Waals surface area (Å²) in [5.41, 5.74) is 3.28. The molecule has 0 N–H and O–H groups in total. The van der Waals surface area contributed by atoms with Gasteiger partial charge in [0.2, 0.25) is 0 Å². The number of fused-ring (bicyclic) bond motifs is 1. The van der Waals surface area contributed by atoms with Crippen molar-refractivity contribution in [2.45, 2.75) is 62.4 Å². The van der Waals surface area contributed by atoms with E-state index in [1.807, 2.05) is 18.2 Å². The standard InChI is InChI=1S/C19H27BrO3Si/c1-13(2)24(14(3)4)22-12-16-10-17(18(20)19(16)23-24)21-11-15-8-6-5-7-9-15/h5-10,13-14,17-19H,11-12H2,1-4H3/t17-,18?,19-/m0/s1. The number of rotatable bonds is 5. The summed E-state index contributed by atoms with van der Waals surface area (Å²) in [5.74, 6) is 0. The van der Waals surface area contributed by atoms with Crippen LogP contribution in [0.3, 0.4) is 0 Å². The van der Waals surface area contributed by atoms with Crippen LogP contribution in [0.2, 0.25) is 11.1 Å². The number of alkyl halides is 1. The summed E-state index contributed by atoms with van der Waals surface area (Å²) in [7, 11) is -2.21. The fourth-order valence-electron chi connectivity index (χ4n) is 3.65. The maximum atomic E-state index is 6.64. The van der Waals surface area contributed by atoms with E-state index in [1.54, 1.807) is 0 Å². The van der Waals surface area contributed by atoms with Crippen molar-refractivity contribution in [1.29, 1.82) is 0 Å². The molecule has 1 saturated heterocycles. The third-order valence-electron chi connectivity index (χ3n) is 5.02. The van der Waals surface area contributed by atoms with E-state index in [0.717, 1.165) is 0 Å². The molecule has 1 fully saturated rings. The minimum atomic E-state index is -2.21. The largest absolute Gasteiger partial charge is 0.390 e. The SMILES string of the molecule is CC(C)[Si]1(C(C)C)OCC2=C[C@H](OCc3ccccc3)C(Br)[C@H]2O1. The van der Waals surface area contributed by atoms with Gasteiger partial charge in [-0.25, -0.2) is 0 Å². The van der Waals surface area contributed by atoms with Crippen molar-refractivity contribution >= 4 is 24.5 Å². The van der Waals surface area contributed by atoms with Crippen LogP contribution in [0.1, 0.15) is 33.3 Å². The zero-order valence-electron chi connectivity index (χ0n) is 14.9. The van der Waals surface area contributed by atoms with Gasteiger partial charge in [0.15, 0.2) is 0 Å². The second kappa shape index (κ2) is 7.42. The lowest BCUT2D eigenvalue weighted by molar-refractivity contribution is 0.0419. The van der Waals surface area contributed by atoms with Crippen molar-refractivity contribution in [2.24, 2.45) is 0 Å². The second-order valence-corrected chi connectivity index (χ2v) is 12.6. The summed E-state index contributed by atoms with van der Waals surface area (Å²) >= 11 is 3.83. The van der Waals surface area contributed by atoms with Gasteiger partial charge < -0.3 is 13.6 Å². The lowest BCUT2D eigenvalue weighted by Gasteiger charge is -2.44. The number of halogens is 1. The van der Waals surface area contributed by atoms with Crippen molar-refractivity contribution in [1.82, 2.24) is 0 Å². The fourth-order valence-corrected chi connectivity index (χ4v) is 8.30. The van der Waals surface area contributed by atoms with E-state index >= 15 is 0 Å². The zero-order valence-corrected chi connectivity index (χ0v) is 17.5. The first kappa shape index (κ1) is 18.3. The highest BCUT2D eigenvalue weighted by molar-refractivity contribution is 9.09. The molecule has 1 aliphatic heterocycles. The molecule has 2 aliphatic rings. The van der Waals surface area contributed by atoms with E-state index in [9.17, 15) is 0 Å². The predicted molar refractivity (Wildman–Crippen MR) is 103 cm³/mol. The van der Waals surface area contributed by atoms with Gasteiger partial charge in [-0.15, -0.1) is 0 Å². The molecule has 3 rings (SSSR count). The molecular weight excluding hydrogens is 384 g/mol. The normalized spacial score (nSPS) is 29.0. The van der Waals surface area contributed by atoms with Crippen LogP contribution in [-0.2, 0) is 20.2 Å². The Hall–Kier alpha value is -0.463. The summed E-state index contributed by atoms with van der Waals surface area (Å²) in [6.45, 7) is 10.2. The Morgan fingerprint density at radius 3 is 2.46 bits per heavy atom. The van der Waals surface area contributed by atoms with Gasteiger partial charge in [0.25, 0.3) is 0 Å². The Kier molecular flexibility index (Phi) is 5.67. The summed E-state index contributed by atoms with van der Waals surface area (Å²) in [6, 6.07) is 10.3. The summed E-state index contributed by atoms with van der Waals surface area (Å²) < 4.78 is 19.1. The van der Waals surface area contributed by atoms with E-state index < -0.39 is 8.56 Å². The van der Waals surface area contributed by atoms with Crippen LogP contribution in [-0.4, -0.2) is 32.2 Å². The quantitative estimate of drug-likeness (QED) is 0.390. The molecule has 1 aliphatic carbocycles. The highest BCUT2D eigenvalue weighted by Crippen LogP contribution is 2.44. The smallest absolute Gasteiger partial charge is 0.344 e. The van der Waals surface area contributed by atoms with Crippen molar-refractivity contribution < 1.29 is 13.6 Å². The van der Waals surface area contributed by atoms with E-state index in [1.165, 1.54) is 11.1 Å². The van der Waals surface area contributed by atoms with Crippen LogP contribution in [0.5, 0.6) is 0 Å². The molecule has 1 aromatic carbocycles. The molecule has 3 nitrogen and oxygen atoms in total. The third-order valence-corrected chi connectivity index (χ3v) is 10.5. The third kappa shape index (κ3) is 3.42. The molecule has 0 spiro atoms. The molecule has 1 unspecified atom stereocenters. The van der Waals surface area contributed by atoms with Gasteiger partial charge in [0, 0.05) is 0 Å². The first-order valence-electron chi connectivity index (χ1n) is 8.76. The molecule has 0 amide bonds. The molecule has 1 heterocycles. The molecule has 3 atom stereocenters. The van der Waals surface area contributed by atoms with Gasteiger partial charge in [-0.05, 0) is 22.2 Å². The summed E-state index contributed by atoms with van der Waals surface area (Å²) in [4.78, 5) is 0.157. The highest BCUT2D eigenvalue weighted by Gasteiger charge is 2.53. The number of ether oxygens (including phenoxy) is 1. The van der Waals surface area contributed by atoms with Crippen LogP contribution in [0.15, 0.2) is 42.0 Å². The lowest BCUT2D eigenvalue weighted by atomic mass is 10.2. The Balaban J connectivity index is 1.69. The van der Waals surface area contributed by atoms with Gasteiger partial charge in [0.1, 0.15) is 0 Å². The fraction of sp³-hybridized carbons (Fsp3) is 0.579. The van der Waals surface area contributed by atoms with Crippen molar-refractivity contribution in [3.8, 4) is 0 Å². The Morgan fingerprint density at radius 2 is 1.83 bits per heavy atom. The van der Waals surface area contributed by atoms with Crippen molar-refractivity contribution in [3.63, 3.8) is 0 Å². The van der Waals surface area contributed by atoms with E-state index in [-0.39, 0.29) is 17.0 Å². The molecule has 0 saturated carbocycles. The predicted octanol–water partition coefficient (Wildman–Crippen LogP) is 4.95. The average Bonchev–Trinajstić information content (AvgIpc) is 2.89. The summed E-state index contributed by atoms with van der Waals surface area (Å²) in [6.07, 6.45) is 2.29. The molecular formula is C19H27BrO3Si. The van der Waals surface area contributed by atoms with Crippen LogP contribution < -0.4 is 0 Å². The maximum absolute atomic E-state index is 6.64. The Bertz CT molecular complexity index is 580. The number of hydrogen-bond donors (Lipinski definition) is 0.